The quantitative estimate of drug-likeness (QED) is 0.565. The van der Waals surface area contributed by atoms with Gasteiger partial charge in [0.15, 0.2) is 0 Å². The number of benzene rings is 1. The van der Waals surface area contributed by atoms with Crippen LogP contribution in [-0.4, -0.2) is 19.7 Å². The average molecular weight is 222 g/mol. The normalized spacial score (nSPS) is 8.94. The Kier molecular flexibility index (Phi) is 4.34. The first-order chi connectivity index (χ1) is 7.65. The van der Waals surface area contributed by atoms with E-state index in [1.54, 1.807) is 13.0 Å². The second-order valence-corrected chi connectivity index (χ2v) is 2.85. The maximum absolute atomic E-state index is 13.1. The van der Waals surface area contributed by atoms with E-state index in [0.29, 0.717) is 17.9 Å². The van der Waals surface area contributed by atoms with Gasteiger partial charge in [0, 0.05) is 17.6 Å². The van der Waals surface area contributed by atoms with Gasteiger partial charge in [-0.2, -0.15) is 0 Å². The van der Waals surface area contributed by atoms with Gasteiger partial charge in [-0.25, -0.2) is 9.18 Å². The van der Waals surface area contributed by atoms with Crippen molar-refractivity contribution in [1.29, 1.82) is 0 Å². The maximum atomic E-state index is 13.1. The zero-order valence-electron chi connectivity index (χ0n) is 9.04. The van der Waals surface area contributed by atoms with Crippen molar-refractivity contribution in [3.63, 3.8) is 0 Å². The molecule has 1 aromatic carbocycles. The van der Waals surface area contributed by atoms with E-state index < -0.39 is 11.8 Å². The van der Waals surface area contributed by atoms with Crippen LogP contribution in [0.25, 0.3) is 0 Å². The summed E-state index contributed by atoms with van der Waals surface area (Å²) in [7, 11) is 1.23. The van der Waals surface area contributed by atoms with E-state index in [9.17, 15) is 9.18 Å². The fourth-order valence-corrected chi connectivity index (χ4v) is 1.06. The van der Waals surface area contributed by atoms with Gasteiger partial charge in [-0.1, -0.05) is 5.92 Å². The Morgan fingerprint density at radius 2 is 2.19 bits per heavy atom. The molecule has 0 radical (unpaired) electrons. The highest BCUT2D eigenvalue weighted by Crippen LogP contribution is 2.15. The minimum Gasteiger partial charge on any atom is -0.494 e. The van der Waals surface area contributed by atoms with E-state index in [4.69, 9.17) is 4.74 Å². The first kappa shape index (κ1) is 12.1. The van der Waals surface area contributed by atoms with Crippen LogP contribution in [0.4, 0.5) is 4.39 Å². The van der Waals surface area contributed by atoms with Gasteiger partial charge in [0.2, 0.25) is 0 Å². The third kappa shape index (κ3) is 3.62. The minimum absolute atomic E-state index is 0.369. The number of rotatable bonds is 2. The third-order valence-corrected chi connectivity index (χ3v) is 1.68. The summed E-state index contributed by atoms with van der Waals surface area (Å²) >= 11 is 0. The molecule has 0 heterocycles. The van der Waals surface area contributed by atoms with E-state index in [2.05, 4.69) is 16.6 Å². The highest BCUT2D eigenvalue weighted by molar-refractivity contribution is 5.89. The summed E-state index contributed by atoms with van der Waals surface area (Å²) in [6, 6.07) is 4.04. The van der Waals surface area contributed by atoms with E-state index in [-0.39, 0.29) is 0 Å². The van der Waals surface area contributed by atoms with Gasteiger partial charge >= 0.3 is 5.97 Å². The molecule has 0 aliphatic carbocycles. The van der Waals surface area contributed by atoms with Crippen LogP contribution in [0.2, 0.25) is 0 Å². The molecule has 0 aliphatic heterocycles. The van der Waals surface area contributed by atoms with Gasteiger partial charge in [0.1, 0.15) is 11.6 Å². The molecule has 3 nitrogen and oxygen atoms in total. The summed E-state index contributed by atoms with van der Waals surface area (Å²) in [5, 5.41) is 0. The molecule has 4 heteroatoms. The Bertz CT molecular complexity index is 443. The molecule has 1 rings (SSSR count). The highest BCUT2D eigenvalue weighted by atomic mass is 19.1. The van der Waals surface area contributed by atoms with Crippen LogP contribution in [0.1, 0.15) is 12.5 Å². The number of esters is 1. The van der Waals surface area contributed by atoms with Crippen LogP contribution in [-0.2, 0) is 9.53 Å². The molecule has 84 valence electrons. The largest absolute Gasteiger partial charge is 0.494 e. The predicted molar refractivity (Wildman–Crippen MR) is 56.5 cm³/mol. The number of hydrogen-bond donors (Lipinski definition) is 0. The molecule has 0 saturated carbocycles. The van der Waals surface area contributed by atoms with Crippen molar-refractivity contribution >= 4 is 5.97 Å². The van der Waals surface area contributed by atoms with Crippen molar-refractivity contribution in [2.45, 2.75) is 6.92 Å². The van der Waals surface area contributed by atoms with Crippen molar-refractivity contribution in [2.75, 3.05) is 13.7 Å². The Balaban J connectivity index is 2.94. The lowest BCUT2D eigenvalue weighted by Gasteiger charge is -2.02. The van der Waals surface area contributed by atoms with Crippen molar-refractivity contribution < 1.29 is 18.7 Å². The van der Waals surface area contributed by atoms with E-state index >= 15 is 0 Å². The summed E-state index contributed by atoms with van der Waals surface area (Å²) in [6.45, 7) is 2.23. The fourth-order valence-electron chi connectivity index (χ4n) is 1.06. The number of hydrogen-bond acceptors (Lipinski definition) is 3. The van der Waals surface area contributed by atoms with E-state index in [0.717, 1.165) is 0 Å². The molecule has 0 amide bonds. The van der Waals surface area contributed by atoms with E-state index in [1.807, 2.05) is 0 Å². The molecule has 0 saturated heterocycles. The molecule has 0 bridgehead atoms. The topological polar surface area (TPSA) is 35.5 Å². The smallest absolute Gasteiger partial charge is 0.384 e. The Morgan fingerprint density at radius 3 is 2.81 bits per heavy atom. The lowest BCUT2D eigenvalue weighted by molar-refractivity contribution is -0.133. The monoisotopic (exact) mass is 222 g/mol. The van der Waals surface area contributed by atoms with Gasteiger partial charge in [-0.3, -0.25) is 0 Å². The van der Waals surface area contributed by atoms with Crippen molar-refractivity contribution in [2.24, 2.45) is 0 Å². The molecule has 0 atom stereocenters. The number of methoxy groups -OCH3 is 1. The van der Waals surface area contributed by atoms with Gasteiger partial charge in [-0.05, 0) is 19.1 Å². The van der Waals surface area contributed by atoms with Crippen LogP contribution in [0.15, 0.2) is 18.2 Å². The van der Waals surface area contributed by atoms with Crippen LogP contribution in [0.3, 0.4) is 0 Å². The zero-order valence-corrected chi connectivity index (χ0v) is 9.04. The second kappa shape index (κ2) is 5.76. The SMILES string of the molecule is CCOc1cc(F)cc(C#CC(=O)OC)c1. The highest BCUT2D eigenvalue weighted by Gasteiger charge is 2.00. The Labute approximate surface area is 93.2 Å². The van der Waals surface area contributed by atoms with Gasteiger partial charge in [-0.15, -0.1) is 0 Å². The zero-order chi connectivity index (χ0) is 12.0. The van der Waals surface area contributed by atoms with Crippen molar-refractivity contribution in [1.82, 2.24) is 0 Å². The average Bonchev–Trinajstić information content (AvgIpc) is 2.25. The maximum Gasteiger partial charge on any atom is 0.384 e. The summed E-state index contributed by atoms with van der Waals surface area (Å²) in [6.07, 6.45) is 0. The molecule has 0 aliphatic rings. The first-order valence-corrected chi connectivity index (χ1v) is 4.69. The number of halogens is 1. The molecular weight excluding hydrogens is 211 g/mol. The lowest BCUT2D eigenvalue weighted by atomic mass is 10.2. The molecule has 0 fully saturated rings. The molecule has 1 aromatic rings. The van der Waals surface area contributed by atoms with Crippen molar-refractivity contribution in [3.05, 3.63) is 29.6 Å². The van der Waals surface area contributed by atoms with Crippen LogP contribution in [0, 0.1) is 17.7 Å². The van der Waals surface area contributed by atoms with Crippen LogP contribution >= 0.6 is 0 Å². The molecule has 0 aromatic heterocycles. The molecule has 0 N–H and O–H groups in total. The summed E-state index contributed by atoms with van der Waals surface area (Å²) in [5.74, 6) is 3.97. The van der Waals surface area contributed by atoms with Gasteiger partial charge in [0.05, 0.1) is 13.7 Å². The summed E-state index contributed by atoms with van der Waals surface area (Å²) < 4.78 is 22.6. The number of ether oxygens (including phenoxy) is 2. The lowest BCUT2D eigenvalue weighted by Crippen LogP contribution is -1.95. The van der Waals surface area contributed by atoms with Gasteiger partial charge < -0.3 is 9.47 Å². The Hall–Kier alpha value is -2.02. The predicted octanol–water partition coefficient (Wildman–Crippen LogP) is 1.75. The van der Waals surface area contributed by atoms with E-state index in [1.165, 1.54) is 19.2 Å². The Morgan fingerprint density at radius 1 is 1.44 bits per heavy atom. The fraction of sp³-hybridized carbons (Fsp3) is 0.250. The third-order valence-electron chi connectivity index (χ3n) is 1.68. The number of carbonyl (C=O) groups is 1. The molecule has 16 heavy (non-hydrogen) atoms. The van der Waals surface area contributed by atoms with Crippen molar-refractivity contribution in [3.8, 4) is 17.6 Å². The second-order valence-electron chi connectivity index (χ2n) is 2.85. The molecular formula is C12H11FO3. The molecule has 0 unspecified atom stereocenters. The number of carbonyl (C=O) groups excluding carboxylic acids is 1. The standard InChI is InChI=1S/C12H11FO3/c1-3-16-11-7-9(6-10(13)8-11)4-5-12(14)15-2/h6-8H,3H2,1-2H3. The summed E-state index contributed by atoms with van der Waals surface area (Å²) in [5.41, 5.74) is 0.369. The minimum atomic E-state index is -0.665. The van der Waals surface area contributed by atoms with Gasteiger partial charge in [0.25, 0.3) is 0 Å². The van der Waals surface area contributed by atoms with Crippen LogP contribution in [0.5, 0.6) is 5.75 Å². The molecule has 0 spiro atoms. The van der Waals surface area contributed by atoms with Crippen LogP contribution < -0.4 is 4.74 Å². The summed E-state index contributed by atoms with van der Waals surface area (Å²) in [4.78, 5) is 10.8. The first-order valence-electron chi connectivity index (χ1n) is 4.69.